The van der Waals surface area contributed by atoms with Crippen molar-refractivity contribution in [2.45, 2.75) is 6.61 Å². The van der Waals surface area contributed by atoms with Crippen LogP contribution in [0.2, 0.25) is 0 Å². The molecule has 0 spiro atoms. The SMILES string of the molecule is C[NH+]1CCN(NC(=O)COc2ccc(OCc3ccccc3)cc2)CC1. The maximum absolute atomic E-state index is 12.0. The second-order valence-corrected chi connectivity index (χ2v) is 6.51. The molecule has 1 fully saturated rings. The number of likely N-dealkylation sites (N-methyl/N-ethyl adjacent to an activating group) is 1. The maximum atomic E-state index is 12.0. The molecule has 1 heterocycles. The van der Waals surface area contributed by atoms with Crippen LogP contribution in [-0.4, -0.2) is 50.7 Å². The smallest absolute Gasteiger partial charge is 0.272 e. The molecule has 1 amide bonds. The molecule has 3 rings (SSSR count). The number of carbonyl (C=O) groups excluding carboxylic acids is 1. The maximum Gasteiger partial charge on any atom is 0.272 e. The highest BCUT2D eigenvalue weighted by atomic mass is 16.5. The number of nitrogens with one attached hydrogen (secondary N) is 2. The lowest BCUT2D eigenvalue weighted by atomic mass is 10.2. The molecule has 0 radical (unpaired) electrons. The molecule has 0 aromatic heterocycles. The number of ether oxygens (including phenoxy) is 2. The highest BCUT2D eigenvalue weighted by molar-refractivity contribution is 5.77. The molecule has 26 heavy (non-hydrogen) atoms. The summed E-state index contributed by atoms with van der Waals surface area (Å²) in [6, 6.07) is 17.3. The fraction of sp³-hybridized carbons (Fsp3) is 0.350. The number of nitrogens with zero attached hydrogens (tertiary/aromatic N) is 1. The zero-order chi connectivity index (χ0) is 18.2. The van der Waals surface area contributed by atoms with Gasteiger partial charge in [-0.1, -0.05) is 30.3 Å². The Kier molecular flexibility index (Phi) is 6.46. The highest BCUT2D eigenvalue weighted by Crippen LogP contribution is 2.18. The predicted molar refractivity (Wildman–Crippen MR) is 99.0 cm³/mol. The van der Waals surface area contributed by atoms with Gasteiger partial charge in [-0.2, -0.15) is 0 Å². The number of hydrazine groups is 1. The molecule has 138 valence electrons. The number of benzene rings is 2. The summed E-state index contributed by atoms with van der Waals surface area (Å²) in [5, 5.41) is 1.96. The molecule has 0 bridgehead atoms. The summed E-state index contributed by atoms with van der Waals surface area (Å²) in [4.78, 5) is 13.5. The Bertz CT molecular complexity index is 683. The van der Waals surface area contributed by atoms with Gasteiger partial charge in [-0.25, -0.2) is 5.01 Å². The quantitative estimate of drug-likeness (QED) is 0.759. The predicted octanol–water partition coefficient (Wildman–Crippen LogP) is 0.506. The van der Waals surface area contributed by atoms with Crippen molar-refractivity contribution >= 4 is 5.91 Å². The first-order chi connectivity index (χ1) is 12.7. The Hall–Kier alpha value is -2.57. The van der Waals surface area contributed by atoms with E-state index in [0.29, 0.717) is 12.4 Å². The summed E-state index contributed by atoms with van der Waals surface area (Å²) >= 11 is 0. The molecule has 6 heteroatoms. The van der Waals surface area contributed by atoms with Gasteiger partial charge in [-0.15, -0.1) is 0 Å². The highest BCUT2D eigenvalue weighted by Gasteiger charge is 2.18. The van der Waals surface area contributed by atoms with Gasteiger partial charge in [-0.05, 0) is 29.8 Å². The van der Waals surface area contributed by atoms with Crippen LogP contribution in [0.1, 0.15) is 5.56 Å². The first-order valence-corrected chi connectivity index (χ1v) is 8.94. The Balaban J connectivity index is 1.39. The monoisotopic (exact) mass is 356 g/mol. The summed E-state index contributed by atoms with van der Waals surface area (Å²) in [6.07, 6.45) is 0. The number of piperazine rings is 1. The van der Waals surface area contributed by atoms with Crippen LogP contribution in [0.3, 0.4) is 0 Å². The fourth-order valence-electron chi connectivity index (χ4n) is 2.73. The molecule has 1 aliphatic heterocycles. The minimum absolute atomic E-state index is 0.00339. The van der Waals surface area contributed by atoms with Crippen molar-refractivity contribution in [2.24, 2.45) is 0 Å². The van der Waals surface area contributed by atoms with Gasteiger partial charge in [0, 0.05) is 0 Å². The largest absolute Gasteiger partial charge is 0.489 e. The number of quaternary nitrogens is 1. The molecule has 1 saturated heterocycles. The lowest BCUT2D eigenvalue weighted by Crippen LogP contribution is -3.12. The summed E-state index contributed by atoms with van der Waals surface area (Å²) in [5.41, 5.74) is 4.01. The third-order valence-corrected chi connectivity index (χ3v) is 4.34. The van der Waals surface area contributed by atoms with Crippen LogP contribution < -0.4 is 19.8 Å². The minimum atomic E-state index is -0.131. The molecule has 1 aliphatic rings. The second-order valence-electron chi connectivity index (χ2n) is 6.51. The van der Waals surface area contributed by atoms with E-state index in [4.69, 9.17) is 9.47 Å². The number of rotatable bonds is 7. The summed E-state index contributed by atoms with van der Waals surface area (Å²) in [7, 11) is 2.16. The lowest BCUT2D eigenvalue weighted by Gasteiger charge is -2.29. The van der Waals surface area contributed by atoms with E-state index in [2.05, 4.69) is 12.5 Å². The lowest BCUT2D eigenvalue weighted by molar-refractivity contribution is -0.884. The molecular weight excluding hydrogens is 330 g/mol. The van der Waals surface area contributed by atoms with E-state index in [-0.39, 0.29) is 12.5 Å². The van der Waals surface area contributed by atoms with Gasteiger partial charge < -0.3 is 14.4 Å². The van der Waals surface area contributed by atoms with Crippen LogP contribution in [0.15, 0.2) is 54.6 Å². The molecule has 6 nitrogen and oxygen atoms in total. The van der Waals surface area contributed by atoms with E-state index in [1.54, 1.807) is 0 Å². The van der Waals surface area contributed by atoms with Crippen LogP contribution in [-0.2, 0) is 11.4 Å². The van der Waals surface area contributed by atoms with Gasteiger partial charge in [0.25, 0.3) is 5.91 Å². The molecule has 2 aromatic rings. The van der Waals surface area contributed by atoms with Crippen LogP contribution in [0.4, 0.5) is 0 Å². The molecule has 0 aliphatic carbocycles. The summed E-state index contributed by atoms with van der Waals surface area (Å²) in [6.45, 7) is 4.33. The van der Waals surface area contributed by atoms with Gasteiger partial charge >= 0.3 is 0 Å². The third kappa shape index (κ3) is 5.75. The zero-order valence-electron chi connectivity index (χ0n) is 15.1. The van der Waals surface area contributed by atoms with Crippen LogP contribution in [0.5, 0.6) is 11.5 Å². The van der Waals surface area contributed by atoms with Gasteiger partial charge in [0.05, 0.1) is 33.2 Å². The Labute approximate surface area is 154 Å². The normalized spacial score (nSPS) is 15.4. The third-order valence-electron chi connectivity index (χ3n) is 4.34. The van der Waals surface area contributed by atoms with Gasteiger partial charge in [0.15, 0.2) is 6.61 Å². The van der Waals surface area contributed by atoms with E-state index < -0.39 is 0 Å². The molecule has 2 aromatic carbocycles. The van der Waals surface area contributed by atoms with Crippen molar-refractivity contribution in [3.63, 3.8) is 0 Å². The first-order valence-electron chi connectivity index (χ1n) is 8.94. The average molecular weight is 356 g/mol. The van der Waals surface area contributed by atoms with Crippen LogP contribution in [0, 0.1) is 0 Å². The minimum Gasteiger partial charge on any atom is -0.489 e. The fourth-order valence-corrected chi connectivity index (χ4v) is 2.73. The van der Waals surface area contributed by atoms with E-state index in [1.165, 1.54) is 4.90 Å². The number of hydrogen-bond acceptors (Lipinski definition) is 4. The zero-order valence-corrected chi connectivity index (χ0v) is 15.1. The van der Waals surface area contributed by atoms with Crippen molar-refractivity contribution in [3.8, 4) is 11.5 Å². The first kappa shape index (κ1) is 18.2. The molecule has 0 unspecified atom stereocenters. The van der Waals surface area contributed by atoms with Gasteiger partial charge in [0.1, 0.15) is 18.1 Å². The standard InChI is InChI=1S/C20H25N3O3/c1-22-11-13-23(14-12-22)21-20(24)16-26-19-9-7-18(8-10-19)25-15-17-5-3-2-4-6-17/h2-10H,11-16H2,1H3,(H,21,24)/p+1. The average Bonchev–Trinajstić information content (AvgIpc) is 2.68. The summed E-state index contributed by atoms with van der Waals surface area (Å²) in [5.74, 6) is 1.29. The van der Waals surface area contributed by atoms with Gasteiger partial charge in [0.2, 0.25) is 0 Å². The van der Waals surface area contributed by atoms with Crippen LogP contribution >= 0.6 is 0 Å². The van der Waals surface area contributed by atoms with E-state index in [9.17, 15) is 4.79 Å². The number of hydrogen-bond donors (Lipinski definition) is 2. The van der Waals surface area contributed by atoms with E-state index >= 15 is 0 Å². The second kappa shape index (κ2) is 9.22. The number of carbonyl (C=O) groups is 1. The molecule has 0 saturated carbocycles. The molecular formula is C20H26N3O3+. The Morgan fingerprint density at radius 2 is 1.62 bits per heavy atom. The van der Waals surface area contributed by atoms with Crippen LogP contribution in [0.25, 0.3) is 0 Å². The topological polar surface area (TPSA) is 55.2 Å². The Morgan fingerprint density at radius 3 is 2.27 bits per heavy atom. The van der Waals surface area contributed by atoms with Crippen molar-refractivity contribution in [1.82, 2.24) is 10.4 Å². The summed E-state index contributed by atoms with van der Waals surface area (Å²) < 4.78 is 11.3. The van der Waals surface area contributed by atoms with Crippen molar-refractivity contribution in [1.29, 1.82) is 0 Å². The number of amides is 1. The van der Waals surface area contributed by atoms with E-state index in [0.717, 1.165) is 37.5 Å². The van der Waals surface area contributed by atoms with Gasteiger partial charge in [-0.3, -0.25) is 10.2 Å². The molecule has 0 atom stereocenters. The van der Waals surface area contributed by atoms with E-state index in [1.807, 2.05) is 59.6 Å². The van der Waals surface area contributed by atoms with Crippen molar-refractivity contribution in [3.05, 3.63) is 60.2 Å². The van der Waals surface area contributed by atoms with Crippen molar-refractivity contribution < 1.29 is 19.2 Å². The molecule has 2 N–H and O–H groups in total. The Morgan fingerprint density at radius 1 is 1.00 bits per heavy atom. The van der Waals surface area contributed by atoms with Crippen molar-refractivity contribution in [2.75, 3.05) is 39.8 Å².